The third-order valence-electron chi connectivity index (χ3n) is 6.25. The topological polar surface area (TPSA) is 22.6 Å². The lowest BCUT2D eigenvalue weighted by molar-refractivity contribution is 0.0937. The van der Waals surface area contributed by atoms with Gasteiger partial charge in [-0.05, 0) is 37.6 Å². The molecule has 3 fully saturated rings. The third-order valence-corrected chi connectivity index (χ3v) is 7.02. The largest absolute Gasteiger partial charge is 0.304 e. The van der Waals surface area contributed by atoms with Crippen molar-refractivity contribution in [2.75, 3.05) is 52.9 Å². The Morgan fingerprint density at radius 3 is 2.78 bits per heavy atom. The smallest absolute Gasteiger partial charge is 0.107 e. The predicted octanol–water partition coefficient (Wildman–Crippen LogP) is 2.24. The molecular formula is C18H30N4S. The molecule has 4 nitrogen and oxygen atoms in total. The van der Waals surface area contributed by atoms with Crippen LogP contribution in [0.1, 0.15) is 24.3 Å². The number of nitrogens with zero attached hydrogens (tertiary/aromatic N) is 4. The maximum absolute atomic E-state index is 4.48. The summed E-state index contributed by atoms with van der Waals surface area (Å²) in [6.07, 6.45) is 6.31. The summed E-state index contributed by atoms with van der Waals surface area (Å²) in [5.74, 6) is 2.81. The molecule has 1 saturated carbocycles. The molecule has 3 aliphatic rings. The van der Waals surface area contributed by atoms with Crippen LogP contribution < -0.4 is 0 Å². The number of likely N-dealkylation sites (N-methyl/N-ethyl adjacent to an activating group) is 1. The molecule has 0 amide bonds. The van der Waals surface area contributed by atoms with Crippen LogP contribution in [0.5, 0.6) is 0 Å². The molecule has 2 saturated heterocycles. The summed E-state index contributed by atoms with van der Waals surface area (Å²) in [7, 11) is 2.25. The van der Waals surface area contributed by atoms with E-state index in [2.05, 4.69) is 32.1 Å². The maximum Gasteiger partial charge on any atom is 0.107 e. The molecule has 1 aromatic heterocycles. The molecule has 0 unspecified atom stereocenters. The van der Waals surface area contributed by atoms with Crippen LogP contribution in [0.25, 0.3) is 0 Å². The monoisotopic (exact) mass is 334 g/mol. The van der Waals surface area contributed by atoms with Crippen molar-refractivity contribution in [3.63, 3.8) is 0 Å². The Morgan fingerprint density at radius 1 is 1.13 bits per heavy atom. The summed E-state index contributed by atoms with van der Waals surface area (Å²) >= 11 is 1.81. The number of rotatable bonds is 4. The molecule has 0 aromatic carbocycles. The molecule has 2 aliphatic heterocycles. The number of aromatic nitrogens is 1. The average molecular weight is 335 g/mol. The van der Waals surface area contributed by atoms with E-state index in [9.17, 15) is 0 Å². The van der Waals surface area contributed by atoms with E-state index in [0.29, 0.717) is 0 Å². The van der Waals surface area contributed by atoms with Crippen molar-refractivity contribution in [1.82, 2.24) is 19.7 Å². The number of piperazine rings is 1. The van der Waals surface area contributed by atoms with Gasteiger partial charge in [0.25, 0.3) is 0 Å². The summed E-state index contributed by atoms with van der Waals surface area (Å²) in [6.45, 7) is 10.1. The standard InChI is InChI=1S/C18H30N4S/c1-20-6-8-21(9-7-20)11-15-3-2-4-16-12-22(13-17(15)16)14-18-19-5-10-23-18/h5,10,15-17H,2-4,6-9,11-14H2,1H3/t15-,16+,17+/m0/s1. The van der Waals surface area contributed by atoms with Gasteiger partial charge in [-0.1, -0.05) is 6.42 Å². The van der Waals surface area contributed by atoms with Gasteiger partial charge >= 0.3 is 0 Å². The number of hydrogen-bond acceptors (Lipinski definition) is 5. The lowest BCUT2D eigenvalue weighted by atomic mass is 9.73. The Balaban J connectivity index is 1.34. The Kier molecular flexibility index (Phi) is 4.99. The first-order valence-corrected chi connectivity index (χ1v) is 10.2. The Labute approximate surface area is 144 Å². The highest BCUT2D eigenvalue weighted by atomic mass is 32.1. The number of hydrogen-bond donors (Lipinski definition) is 0. The highest BCUT2D eigenvalue weighted by Crippen LogP contribution is 2.41. The Bertz CT molecular complexity index is 483. The number of fused-ring (bicyclic) bond motifs is 1. The van der Waals surface area contributed by atoms with Gasteiger partial charge in [0.15, 0.2) is 0 Å². The van der Waals surface area contributed by atoms with Crippen LogP contribution in [0, 0.1) is 17.8 Å². The van der Waals surface area contributed by atoms with Crippen LogP contribution in [0.2, 0.25) is 0 Å². The zero-order chi connectivity index (χ0) is 15.6. The fourth-order valence-corrected chi connectivity index (χ4v) is 5.58. The minimum atomic E-state index is 0.929. The normalized spacial score (nSPS) is 33.9. The second kappa shape index (κ2) is 7.18. The van der Waals surface area contributed by atoms with E-state index in [1.54, 1.807) is 11.3 Å². The zero-order valence-corrected chi connectivity index (χ0v) is 15.2. The van der Waals surface area contributed by atoms with Crippen molar-refractivity contribution in [3.8, 4) is 0 Å². The maximum atomic E-state index is 4.48. The van der Waals surface area contributed by atoms with E-state index >= 15 is 0 Å². The molecule has 4 rings (SSSR count). The molecular weight excluding hydrogens is 304 g/mol. The molecule has 5 heteroatoms. The summed E-state index contributed by atoms with van der Waals surface area (Å²) in [6, 6.07) is 0. The van der Waals surface area contributed by atoms with Crippen molar-refractivity contribution in [3.05, 3.63) is 16.6 Å². The first-order valence-electron chi connectivity index (χ1n) is 9.29. The van der Waals surface area contributed by atoms with Crippen molar-refractivity contribution in [2.24, 2.45) is 17.8 Å². The predicted molar refractivity (Wildman–Crippen MR) is 95.6 cm³/mol. The quantitative estimate of drug-likeness (QED) is 0.842. The van der Waals surface area contributed by atoms with Gasteiger partial charge in [0, 0.05) is 57.4 Å². The molecule has 0 bridgehead atoms. The molecule has 0 spiro atoms. The van der Waals surface area contributed by atoms with Crippen LogP contribution in [-0.2, 0) is 6.54 Å². The van der Waals surface area contributed by atoms with Gasteiger partial charge in [-0.25, -0.2) is 4.98 Å². The average Bonchev–Trinajstić information content (AvgIpc) is 3.19. The number of likely N-dealkylation sites (tertiary alicyclic amines) is 1. The van der Waals surface area contributed by atoms with Crippen LogP contribution in [0.15, 0.2) is 11.6 Å². The molecule has 3 heterocycles. The van der Waals surface area contributed by atoms with Gasteiger partial charge in [0.1, 0.15) is 5.01 Å². The van der Waals surface area contributed by atoms with E-state index in [-0.39, 0.29) is 0 Å². The van der Waals surface area contributed by atoms with E-state index in [1.807, 2.05) is 6.20 Å². The summed E-state index contributed by atoms with van der Waals surface area (Å²) in [4.78, 5) is 12.4. The molecule has 23 heavy (non-hydrogen) atoms. The molecule has 3 atom stereocenters. The fourth-order valence-electron chi connectivity index (χ4n) is 4.92. The zero-order valence-electron chi connectivity index (χ0n) is 14.4. The van der Waals surface area contributed by atoms with Gasteiger partial charge in [-0.15, -0.1) is 11.3 Å². The van der Waals surface area contributed by atoms with Crippen LogP contribution >= 0.6 is 11.3 Å². The first kappa shape index (κ1) is 16.0. The summed E-state index contributed by atoms with van der Waals surface area (Å²) in [5.41, 5.74) is 0. The van der Waals surface area contributed by atoms with Gasteiger partial charge < -0.3 is 9.80 Å². The highest BCUT2D eigenvalue weighted by Gasteiger charge is 2.40. The van der Waals surface area contributed by atoms with Crippen LogP contribution in [-0.4, -0.2) is 72.5 Å². The Hall–Kier alpha value is -0.490. The van der Waals surface area contributed by atoms with Gasteiger partial charge in [-0.3, -0.25) is 4.90 Å². The van der Waals surface area contributed by atoms with Crippen molar-refractivity contribution in [2.45, 2.75) is 25.8 Å². The van der Waals surface area contributed by atoms with Crippen LogP contribution in [0.3, 0.4) is 0 Å². The second-order valence-electron chi connectivity index (χ2n) is 7.84. The first-order chi connectivity index (χ1) is 11.3. The lowest BCUT2D eigenvalue weighted by Crippen LogP contribution is -2.47. The lowest BCUT2D eigenvalue weighted by Gasteiger charge is -2.39. The van der Waals surface area contributed by atoms with E-state index in [1.165, 1.54) is 70.1 Å². The van der Waals surface area contributed by atoms with Crippen molar-refractivity contribution >= 4 is 11.3 Å². The van der Waals surface area contributed by atoms with E-state index < -0.39 is 0 Å². The van der Waals surface area contributed by atoms with E-state index in [4.69, 9.17) is 0 Å². The van der Waals surface area contributed by atoms with Gasteiger partial charge in [0.05, 0.1) is 6.54 Å². The third kappa shape index (κ3) is 3.78. The van der Waals surface area contributed by atoms with Gasteiger partial charge in [-0.2, -0.15) is 0 Å². The minimum Gasteiger partial charge on any atom is -0.304 e. The Morgan fingerprint density at radius 2 is 2.00 bits per heavy atom. The van der Waals surface area contributed by atoms with Crippen LogP contribution in [0.4, 0.5) is 0 Å². The fraction of sp³-hybridized carbons (Fsp3) is 0.833. The highest BCUT2D eigenvalue weighted by molar-refractivity contribution is 7.09. The van der Waals surface area contributed by atoms with Crippen molar-refractivity contribution < 1.29 is 0 Å². The van der Waals surface area contributed by atoms with Gasteiger partial charge in [0.2, 0.25) is 0 Å². The molecule has 128 valence electrons. The van der Waals surface area contributed by atoms with Crippen molar-refractivity contribution in [1.29, 1.82) is 0 Å². The van der Waals surface area contributed by atoms with E-state index in [0.717, 1.165) is 24.3 Å². The molecule has 1 aliphatic carbocycles. The second-order valence-corrected chi connectivity index (χ2v) is 8.82. The SMILES string of the molecule is CN1CCN(C[C@@H]2CCC[C@@H]3CN(Cc4nccs4)C[C@@H]32)CC1. The minimum absolute atomic E-state index is 0.929. The summed E-state index contributed by atoms with van der Waals surface area (Å²) in [5, 5.41) is 3.40. The molecule has 1 aromatic rings. The summed E-state index contributed by atoms with van der Waals surface area (Å²) < 4.78 is 0. The molecule has 0 N–H and O–H groups in total. The number of thiazole rings is 1. The molecule has 0 radical (unpaired) electrons.